The number of anilines is 1. The van der Waals surface area contributed by atoms with Gasteiger partial charge in [-0.3, -0.25) is 4.79 Å². The van der Waals surface area contributed by atoms with Gasteiger partial charge in [0.05, 0.1) is 0 Å². The largest absolute Gasteiger partial charge is 0.371 e. The zero-order valence-corrected chi connectivity index (χ0v) is 10.3. The van der Waals surface area contributed by atoms with E-state index in [1.165, 1.54) is 5.01 Å². The maximum Gasteiger partial charge on any atom is 0.269 e. The number of hydrogen-bond donors (Lipinski definition) is 1. The van der Waals surface area contributed by atoms with E-state index < -0.39 is 0 Å². The van der Waals surface area contributed by atoms with Crippen LogP contribution >= 0.6 is 0 Å². The first-order chi connectivity index (χ1) is 8.81. The standard InChI is InChI=1S/C13H16N4O/c1-2-3-8-17-13(18)12-11(15-16-17)9-6-4-5-7-10(9)14-12/h4-7,11-12,14H,2-3,8H2,1H3. The minimum atomic E-state index is -0.281. The van der Waals surface area contributed by atoms with Crippen molar-refractivity contribution < 1.29 is 4.79 Å². The number of nitrogens with one attached hydrogen (secondary N) is 1. The Morgan fingerprint density at radius 1 is 1.39 bits per heavy atom. The van der Waals surface area contributed by atoms with Crippen molar-refractivity contribution in [1.82, 2.24) is 5.01 Å². The van der Waals surface area contributed by atoms with Crippen molar-refractivity contribution in [2.75, 3.05) is 11.9 Å². The van der Waals surface area contributed by atoms with Gasteiger partial charge in [-0.2, -0.15) is 5.11 Å². The summed E-state index contributed by atoms with van der Waals surface area (Å²) in [7, 11) is 0. The summed E-state index contributed by atoms with van der Waals surface area (Å²) in [5, 5.41) is 13.1. The Bertz CT molecular complexity index is 500. The quantitative estimate of drug-likeness (QED) is 0.888. The van der Waals surface area contributed by atoms with Gasteiger partial charge in [0.2, 0.25) is 0 Å². The number of para-hydroxylation sites is 1. The maximum atomic E-state index is 12.3. The fraction of sp³-hybridized carbons (Fsp3) is 0.462. The Morgan fingerprint density at radius 2 is 2.22 bits per heavy atom. The molecule has 94 valence electrons. The summed E-state index contributed by atoms with van der Waals surface area (Å²) in [5.41, 5.74) is 2.06. The molecule has 2 unspecified atom stereocenters. The van der Waals surface area contributed by atoms with E-state index in [4.69, 9.17) is 0 Å². The van der Waals surface area contributed by atoms with Crippen molar-refractivity contribution in [1.29, 1.82) is 0 Å². The third-order valence-electron chi connectivity index (χ3n) is 3.43. The van der Waals surface area contributed by atoms with Crippen LogP contribution in [0.1, 0.15) is 31.4 Å². The highest BCUT2D eigenvalue weighted by Gasteiger charge is 2.42. The zero-order valence-electron chi connectivity index (χ0n) is 10.3. The van der Waals surface area contributed by atoms with Gasteiger partial charge in [-0.25, -0.2) is 5.01 Å². The number of fused-ring (bicyclic) bond motifs is 3. The van der Waals surface area contributed by atoms with Crippen LogP contribution in [-0.4, -0.2) is 23.5 Å². The summed E-state index contributed by atoms with van der Waals surface area (Å²) in [6, 6.07) is 7.46. The Kier molecular flexibility index (Phi) is 2.74. The van der Waals surface area contributed by atoms with Crippen molar-refractivity contribution in [3.8, 4) is 0 Å². The Labute approximate surface area is 106 Å². The highest BCUT2D eigenvalue weighted by molar-refractivity contribution is 5.89. The lowest BCUT2D eigenvalue weighted by molar-refractivity contribution is -0.134. The molecule has 0 aromatic heterocycles. The fourth-order valence-corrected chi connectivity index (χ4v) is 2.42. The molecule has 0 fully saturated rings. The van der Waals surface area contributed by atoms with Crippen LogP contribution in [0.2, 0.25) is 0 Å². The lowest BCUT2D eigenvalue weighted by atomic mass is 10.0. The van der Waals surface area contributed by atoms with Crippen LogP contribution in [0.15, 0.2) is 34.6 Å². The molecule has 1 amide bonds. The number of rotatable bonds is 3. The van der Waals surface area contributed by atoms with Crippen LogP contribution in [0.3, 0.4) is 0 Å². The molecular weight excluding hydrogens is 228 g/mol. The van der Waals surface area contributed by atoms with Gasteiger partial charge in [0.25, 0.3) is 5.91 Å². The molecule has 1 aromatic carbocycles. The van der Waals surface area contributed by atoms with Crippen LogP contribution in [0.25, 0.3) is 0 Å². The molecule has 0 bridgehead atoms. The smallest absolute Gasteiger partial charge is 0.269 e. The summed E-state index contributed by atoms with van der Waals surface area (Å²) in [5.74, 6) is 0.0275. The molecule has 5 nitrogen and oxygen atoms in total. The summed E-state index contributed by atoms with van der Waals surface area (Å²) >= 11 is 0. The third-order valence-corrected chi connectivity index (χ3v) is 3.43. The average Bonchev–Trinajstić information content (AvgIpc) is 2.78. The number of carbonyl (C=O) groups is 1. The summed E-state index contributed by atoms with van der Waals surface area (Å²) < 4.78 is 0. The molecule has 0 saturated heterocycles. The Morgan fingerprint density at radius 3 is 3.06 bits per heavy atom. The molecule has 2 heterocycles. The number of benzene rings is 1. The number of hydrogen-bond acceptors (Lipinski definition) is 4. The first-order valence-electron chi connectivity index (χ1n) is 6.39. The SMILES string of the molecule is CCCCN1N=NC2c3ccccc3NC2C1=O. The molecule has 5 heteroatoms. The summed E-state index contributed by atoms with van der Waals surface area (Å²) in [6.45, 7) is 2.75. The minimum absolute atomic E-state index is 0.0275. The Balaban J connectivity index is 1.85. The first-order valence-corrected chi connectivity index (χ1v) is 6.39. The van der Waals surface area contributed by atoms with Gasteiger partial charge in [0, 0.05) is 17.8 Å². The zero-order chi connectivity index (χ0) is 12.5. The number of amides is 1. The van der Waals surface area contributed by atoms with Crippen LogP contribution in [0.5, 0.6) is 0 Å². The van der Waals surface area contributed by atoms with Crippen LogP contribution in [0, 0.1) is 0 Å². The number of carbonyl (C=O) groups excluding carboxylic acids is 1. The van der Waals surface area contributed by atoms with Crippen molar-refractivity contribution in [2.24, 2.45) is 10.3 Å². The molecule has 18 heavy (non-hydrogen) atoms. The average molecular weight is 244 g/mol. The molecule has 0 saturated carbocycles. The van der Waals surface area contributed by atoms with Gasteiger partial charge >= 0.3 is 0 Å². The minimum Gasteiger partial charge on any atom is -0.371 e. The van der Waals surface area contributed by atoms with E-state index >= 15 is 0 Å². The van der Waals surface area contributed by atoms with Gasteiger partial charge in [0.1, 0.15) is 12.1 Å². The van der Waals surface area contributed by atoms with Crippen molar-refractivity contribution in [3.63, 3.8) is 0 Å². The topological polar surface area (TPSA) is 57.1 Å². The van der Waals surface area contributed by atoms with Crippen molar-refractivity contribution in [3.05, 3.63) is 29.8 Å². The maximum absolute atomic E-state index is 12.3. The summed E-state index contributed by atoms with van der Waals surface area (Å²) in [6.07, 6.45) is 2.00. The van der Waals surface area contributed by atoms with Gasteiger partial charge in [-0.1, -0.05) is 36.8 Å². The fourth-order valence-electron chi connectivity index (χ4n) is 2.42. The molecule has 0 spiro atoms. The normalized spacial score (nSPS) is 24.7. The van der Waals surface area contributed by atoms with E-state index in [0.29, 0.717) is 6.54 Å². The van der Waals surface area contributed by atoms with E-state index in [2.05, 4.69) is 22.6 Å². The van der Waals surface area contributed by atoms with E-state index in [1.807, 2.05) is 24.3 Å². The van der Waals surface area contributed by atoms with E-state index in [0.717, 1.165) is 24.1 Å². The van der Waals surface area contributed by atoms with Gasteiger partial charge in [-0.15, -0.1) is 0 Å². The molecule has 1 aromatic rings. The molecule has 2 atom stereocenters. The van der Waals surface area contributed by atoms with Crippen LogP contribution in [-0.2, 0) is 4.79 Å². The molecule has 2 aliphatic heterocycles. The predicted molar refractivity (Wildman–Crippen MR) is 68.1 cm³/mol. The lowest BCUT2D eigenvalue weighted by Gasteiger charge is -2.26. The molecule has 3 rings (SSSR count). The highest BCUT2D eigenvalue weighted by Crippen LogP contribution is 2.39. The molecule has 2 aliphatic rings. The van der Waals surface area contributed by atoms with Crippen molar-refractivity contribution >= 4 is 11.6 Å². The molecule has 1 N–H and O–H groups in total. The number of nitrogens with zero attached hydrogens (tertiary/aromatic N) is 3. The van der Waals surface area contributed by atoms with Crippen LogP contribution in [0.4, 0.5) is 5.69 Å². The lowest BCUT2D eigenvalue weighted by Crippen LogP contribution is -2.43. The molecular formula is C13H16N4O. The molecule has 0 radical (unpaired) electrons. The van der Waals surface area contributed by atoms with Gasteiger partial charge in [0.15, 0.2) is 0 Å². The third kappa shape index (κ3) is 1.66. The number of unbranched alkanes of at least 4 members (excludes halogenated alkanes) is 1. The van der Waals surface area contributed by atoms with Gasteiger partial charge in [-0.05, 0) is 12.5 Å². The highest BCUT2D eigenvalue weighted by atomic mass is 16.2. The molecule has 0 aliphatic carbocycles. The van der Waals surface area contributed by atoms with Crippen LogP contribution < -0.4 is 5.32 Å². The summed E-state index contributed by atoms with van der Waals surface area (Å²) in [4.78, 5) is 12.3. The monoisotopic (exact) mass is 244 g/mol. The van der Waals surface area contributed by atoms with Crippen molar-refractivity contribution in [2.45, 2.75) is 31.8 Å². The first kappa shape index (κ1) is 11.2. The second kappa shape index (κ2) is 4.40. The van der Waals surface area contributed by atoms with Gasteiger partial charge < -0.3 is 5.32 Å². The van der Waals surface area contributed by atoms with E-state index in [9.17, 15) is 4.79 Å². The second-order valence-electron chi connectivity index (χ2n) is 4.67. The second-order valence-corrected chi connectivity index (χ2v) is 4.67. The predicted octanol–water partition coefficient (Wildman–Crippen LogP) is 2.53. The van der Waals surface area contributed by atoms with E-state index in [-0.39, 0.29) is 18.0 Å². The Hall–Kier alpha value is -1.91. The van der Waals surface area contributed by atoms with E-state index in [1.54, 1.807) is 0 Å².